The lowest BCUT2D eigenvalue weighted by Gasteiger charge is -2.29. The fourth-order valence-corrected chi connectivity index (χ4v) is 2.86. The van der Waals surface area contributed by atoms with Gasteiger partial charge in [-0.2, -0.15) is 0 Å². The predicted octanol–water partition coefficient (Wildman–Crippen LogP) is -4.39. The molecule has 0 aromatic rings. The second-order valence-electron chi connectivity index (χ2n) is 6.63. The van der Waals surface area contributed by atoms with Crippen LogP contribution in [0.5, 0.6) is 0 Å². The molecule has 1 saturated heterocycles. The molecule has 0 saturated carbocycles. The zero-order valence-corrected chi connectivity index (χ0v) is 15.7. The first-order valence-corrected chi connectivity index (χ1v) is 9.02. The lowest BCUT2D eigenvalue weighted by Crippen LogP contribution is -2.57. The number of primary amides is 1. The summed E-state index contributed by atoms with van der Waals surface area (Å²) in [7, 11) is 0. The Morgan fingerprint density at radius 2 is 1.72 bits per heavy atom. The Morgan fingerprint density at radius 3 is 2.24 bits per heavy atom. The van der Waals surface area contributed by atoms with Crippen LogP contribution in [0.25, 0.3) is 0 Å². The lowest BCUT2D eigenvalue weighted by molar-refractivity contribution is -0.145. The molecule has 4 unspecified atom stereocenters. The first kappa shape index (κ1) is 24.3. The van der Waals surface area contributed by atoms with E-state index in [0.29, 0.717) is 6.42 Å². The molecule has 29 heavy (non-hydrogen) atoms. The van der Waals surface area contributed by atoms with Crippen LogP contribution in [0, 0.1) is 0 Å². The summed E-state index contributed by atoms with van der Waals surface area (Å²) >= 11 is 0. The van der Waals surface area contributed by atoms with Gasteiger partial charge in [0.15, 0.2) is 0 Å². The highest BCUT2D eigenvalue weighted by atomic mass is 16.4. The highest BCUT2D eigenvalue weighted by Crippen LogP contribution is 2.20. The zero-order chi connectivity index (χ0) is 22.1. The summed E-state index contributed by atoms with van der Waals surface area (Å²) in [5, 5.41) is 31.5. The highest BCUT2D eigenvalue weighted by molar-refractivity contribution is 5.94. The lowest BCUT2D eigenvalue weighted by atomic mass is 10.1. The Bertz CT molecular complexity index is 643. The van der Waals surface area contributed by atoms with Gasteiger partial charge in [0, 0.05) is 13.0 Å². The smallest absolute Gasteiger partial charge is 0.328 e. The van der Waals surface area contributed by atoms with Crippen LogP contribution in [0.4, 0.5) is 0 Å². The van der Waals surface area contributed by atoms with Gasteiger partial charge in [0.25, 0.3) is 0 Å². The Labute approximate surface area is 166 Å². The van der Waals surface area contributed by atoms with E-state index in [1.807, 2.05) is 0 Å². The summed E-state index contributed by atoms with van der Waals surface area (Å²) in [5.74, 6) is -4.38. The number of carbonyl (C=O) groups excluding carboxylic acids is 4. The van der Waals surface area contributed by atoms with Crippen LogP contribution in [0.3, 0.4) is 0 Å². The van der Waals surface area contributed by atoms with Gasteiger partial charge in [-0.25, -0.2) is 4.79 Å². The number of likely N-dealkylation sites (tertiary alicyclic amines) is 1. The van der Waals surface area contributed by atoms with Crippen molar-refractivity contribution in [1.29, 1.82) is 0 Å². The van der Waals surface area contributed by atoms with Crippen molar-refractivity contribution < 1.29 is 39.3 Å². The molecule has 9 N–H and O–H groups in total. The van der Waals surface area contributed by atoms with Crippen LogP contribution >= 0.6 is 0 Å². The Morgan fingerprint density at radius 1 is 1.07 bits per heavy atom. The number of aliphatic carboxylic acids is 1. The molecule has 4 amide bonds. The van der Waals surface area contributed by atoms with E-state index in [1.165, 1.54) is 4.90 Å². The maximum absolute atomic E-state index is 12.9. The number of hydrogen-bond acceptors (Lipinski definition) is 8. The molecular weight excluding hydrogens is 390 g/mol. The first-order chi connectivity index (χ1) is 13.6. The Hall–Kier alpha value is -2.77. The number of carboxylic acid groups (broad SMARTS) is 1. The van der Waals surface area contributed by atoms with Crippen molar-refractivity contribution >= 4 is 29.6 Å². The molecule has 13 nitrogen and oxygen atoms in total. The van der Waals surface area contributed by atoms with Gasteiger partial charge in [-0.15, -0.1) is 0 Å². The average Bonchev–Trinajstić information content (AvgIpc) is 3.17. The van der Waals surface area contributed by atoms with Crippen LogP contribution in [0.2, 0.25) is 0 Å². The molecule has 0 aliphatic carbocycles. The summed E-state index contributed by atoms with van der Waals surface area (Å²) in [6, 6.07) is -5.02. The number of nitrogens with zero attached hydrogens (tertiary/aromatic N) is 1. The molecule has 13 heteroatoms. The largest absolute Gasteiger partial charge is 0.480 e. The fourth-order valence-electron chi connectivity index (χ4n) is 2.86. The molecule has 0 bridgehead atoms. The Kier molecular flexibility index (Phi) is 9.44. The van der Waals surface area contributed by atoms with Gasteiger partial charge in [0.2, 0.25) is 23.6 Å². The molecule has 1 heterocycles. The van der Waals surface area contributed by atoms with Crippen LogP contribution in [-0.2, 0) is 24.0 Å². The normalized spacial score (nSPS) is 19.1. The number of aliphatic hydroxyl groups is 2. The van der Waals surface area contributed by atoms with Crippen LogP contribution in [0.1, 0.15) is 25.7 Å². The molecule has 4 atom stereocenters. The summed E-state index contributed by atoms with van der Waals surface area (Å²) in [6.45, 7) is -1.31. The SMILES string of the molecule is NC(=O)CCC(NC(=O)C(N)CO)C(=O)N1CCCC1C(=O)NC(CO)C(=O)O. The van der Waals surface area contributed by atoms with Crippen LogP contribution in [0.15, 0.2) is 0 Å². The predicted molar refractivity (Wildman–Crippen MR) is 96.8 cm³/mol. The van der Waals surface area contributed by atoms with Gasteiger partial charge in [0.05, 0.1) is 13.2 Å². The van der Waals surface area contributed by atoms with E-state index in [0.717, 1.165) is 0 Å². The Balaban J connectivity index is 2.93. The first-order valence-electron chi connectivity index (χ1n) is 9.02. The average molecular weight is 417 g/mol. The molecule has 1 aliphatic heterocycles. The third kappa shape index (κ3) is 6.96. The molecular formula is C16H27N5O8. The maximum Gasteiger partial charge on any atom is 0.328 e. The minimum atomic E-state index is -1.52. The summed E-state index contributed by atoms with van der Waals surface area (Å²) in [5.41, 5.74) is 10.5. The van der Waals surface area contributed by atoms with Crippen molar-refractivity contribution in [2.75, 3.05) is 19.8 Å². The highest BCUT2D eigenvalue weighted by Gasteiger charge is 2.39. The number of carboxylic acids is 1. The molecule has 0 aromatic heterocycles. The molecule has 1 fully saturated rings. The van der Waals surface area contributed by atoms with Gasteiger partial charge < -0.3 is 42.3 Å². The summed E-state index contributed by atoms with van der Waals surface area (Å²) in [6.07, 6.45) is 0.341. The van der Waals surface area contributed by atoms with E-state index in [2.05, 4.69) is 10.6 Å². The third-order valence-electron chi connectivity index (χ3n) is 4.46. The second kappa shape index (κ2) is 11.3. The van der Waals surface area contributed by atoms with E-state index < -0.39 is 67.0 Å². The van der Waals surface area contributed by atoms with Crippen molar-refractivity contribution in [3.63, 3.8) is 0 Å². The van der Waals surface area contributed by atoms with Crippen LogP contribution in [-0.4, -0.2) is 93.7 Å². The van der Waals surface area contributed by atoms with Gasteiger partial charge in [-0.1, -0.05) is 0 Å². The minimum Gasteiger partial charge on any atom is -0.480 e. The molecule has 1 rings (SSSR count). The number of nitrogens with two attached hydrogens (primary N) is 2. The fraction of sp³-hybridized carbons (Fsp3) is 0.688. The topological polar surface area (TPSA) is 225 Å². The molecule has 164 valence electrons. The van der Waals surface area contributed by atoms with Crippen molar-refractivity contribution in [2.45, 2.75) is 49.9 Å². The van der Waals surface area contributed by atoms with E-state index >= 15 is 0 Å². The van der Waals surface area contributed by atoms with Gasteiger partial charge >= 0.3 is 5.97 Å². The number of amides is 4. The van der Waals surface area contributed by atoms with Crippen molar-refractivity contribution in [1.82, 2.24) is 15.5 Å². The van der Waals surface area contributed by atoms with Crippen molar-refractivity contribution in [3.8, 4) is 0 Å². The standard InChI is InChI=1S/C16H27N5O8/c17-8(6-22)13(25)19-9(3-4-12(18)24)15(27)21-5-1-2-11(21)14(26)20-10(7-23)16(28)29/h8-11,22-23H,1-7,17H2,(H2,18,24)(H,19,25)(H,20,26)(H,28,29). The molecule has 1 aliphatic rings. The zero-order valence-electron chi connectivity index (χ0n) is 15.7. The second-order valence-corrected chi connectivity index (χ2v) is 6.63. The maximum atomic E-state index is 12.9. The molecule has 0 radical (unpaired) electrons. The number of rotatable bonds is 11. The van der Waals surface area contributed by atoms with E-state index in [4.69, 9.17) is 26.8 Å². The van der Waals surface area contributed by atoms with E-state index in [1.54, 1.807) is 0 Å². The molecule has 0 aromatic carbocycles. The monoisotopic (exact) mass is 417 g/mol. The quantitative estimate of drug-likeness (QED) is 0.172. The van der Waals surface area contributed by atoms with Gasteiger partial charge in [-0.05, 0) is 19.3 Å². The summed E-state index contributed by atoms with van der Waals surface area (Å²) < 4.78 is 0. The number of carbonyl (C=O) groups is 5. The van der Waals surface area contributed by atoms with E-state index in [9.17, 15) is 24.0 Å². The van der Waals surface area contributed by atoms with Crippen LogP contribution < -0.4 is 22.1 Å². The van der Waals surface area contributed by atoms with Crippen molar-refractivity contribution in [3.05, 3.63) is 0 Å². The van der Waals surface area contributed by atoms with Crippen molar-refractivity contribution in [2.24, 2.45) is 11.5 Å². The third-order valence-corrected chi connectivity index (χ3v) is 4.46. The number of nitrogens with one attached hydrogen (secondary N) is 2. The van der Waals surface area contributed by atoms with E-state index in [-0.39, 0.29) is 25.8 Å². The molecule has 0 spiro atoms. The minimum absolute atomic E-state index is 0.142. The number of hydrogen-bond donors (Lipinski definition) is 7. The van der Waals surface area contributed by atoms with Gasteiger partial charge in [0.1, 0.15) is 24.2 Å². The number of aliphatic hydroxyl groups excluding tert-OH is 2. The summed E-state index contributed by atoms with van der Waals surface area (Å²) in [4.78, 5) is 60.5. The van der Waals surface area contributed by atoms with Gasteiger partial charge in [-0.3, -0.25) is 19.2 Å².